The highest BCUT2D eigenvalue weighted by Crippen LogP contribution is 2.17. The Morgan fingerprint density at radius 3 is 2.79 bits per heavy atom. The molecule has 0 fully saturated rings. The first kappa shape index (κ1) is 14.0. The van der Waals surface area contributed by atoms with Crippen molar-refractivity contribution >= 4 is 34.0 Å². The Morgan fingerprint density at radius 2 is 2.11 bits per heavy atom. The van der Waals surface area contributed by atoms with Crippen LogP contribution in [-0.2, 0) is 17.1 Å². The van der Waals surface area contributed by atoms with E-state index in [0.717, 1.165) is 18.5 Å². The molecule has 1 amide bonds. The van der Waals surface area contributed by atoms with Crippen molar-refractivity contribution in [3.63, 3.8) is 0 Å². The molecule has 19 heavy (non-hydrogen) atoms. The molecule has 100 valence electrons. The van der Waals surface area contributed by atoms with Crippen molar-refractivity contribution in [2.45, 2.75) is 25.1 Å². The molecule has 1 aromatic carbocycles. The summed E-state index contributed by atoms with van der Waals surface area (Å²) < 4.78 is 0. The molecule has 0 unspecified atom stereocenters. The molecule has 0 spiro atoms. The van der Waals surface area contributed by atoms with Gasteiger partial charge < -0.3 is 5.32 Å². The van der Waals surface area contributed by atoms with Crippen molar-refractivity contribution in [1.29, 1.82) is 0 Å². The number of amides is 1. The van der Waals surface area contributed by atoms with Gasteiger partial charge in [-0.1, -0.05) is 30.3 Å². The number of halogens is 1. The summed E-state index contributed by atoms with van der Waals surface area (Å²) >= 11 is 7.06. The summed E-state index contributed by atoms with van der Waals surface area (Å²) in [5.74, 6) is 0.381. The van der Waals surface area contributed by atoms with Crippen molar-refractivity contribution in [3.05, 3.63) is 47.0 Å². The van der Waals surface area contributed by atoms with E-state index in [-0.39, 0.29) is 5.91 Å². The number of aromatic nitrogens is 1. The number of thiazole rings is 1. The van der Waals surface area contributed by atoms with Crippen LogP contribution in [0, 0.1) is 0 Å². The third kappa shape index (κ3) is 4.65. The number of nitrogens with zero attached hydrogens (tertiary/aromatic N) is 1. The monoisotopic (exact) mass is 294 g/mol. The van der Waals surface area contributed by atoms with Gasteiger partial charge in [-0.25, -0.2) is 4.98 Å². The van der Waals surface area contributed by atoms with E-state index in [4.69, 9.17) is 11.6 Å². The molecule has 0 bridgehead atoms. The van der Waals surface area contributed by atoms with E-state index in [0.29, 0.717) is 17.4 Å². The average Bonchev–Trinajstić information content (AvgIpc) is 2.87. The van der Waals surface area contributed by atoms with Crippen LogP contribution in [0.5, 0.6) is 0 Å². The van der Waals surface area contributed by atoms with Crippen molar-refractivity contribution < 1.29 is 4.79 Å². The number of benzene rings is 1. The van der Waals surface area contributed by atoms with Crippen molar-refractivity contribution in [2.75, 3.05) is 5.32 Å². The fourth-order valence-corrected chi connectivity index (χ4v) is 2.66. The second-order valence-electron chi connectivity index (χ2n) is 4.16. The van der Waals surface area contributed by atoms with Gasteiger partial charge in [0.15, 0.2) is 5.13 Å². The maximum absolute atomic E-state index is 11.7. The van der Waals surface area contributed by atoms with Gasteiger partial charge in [0.1, 0.15) is 0 Å². The smallest absolute Gasteiger partial charge is 0.226 e. The predicted molar refractivity (Wildman–Crippen MR) is 79.7 cm³/mol. The lowest BCUT2D eigenvalue weighted by molar-refractivity contribution is -0.116. The number of nitrogens with one attached hydrogen (secondary N) is 1. The largest absolute Gasteiger partial charge is 0.302 e. The number of alkyl halides is 1. The fraction of sp³-hybridized carbons (Fsp3) is 0.286. The topological polar surface area (TPSA) is 42.0 Å². The number of hydrogen-bond acceptors (Lipinski definition) is 3. The molecule has 1 heterocycles. The Morgan fingerprint density at radius 1 is 1.32 bits per heavy atom. The molecule has 5 heteroatoms. The van der Waals surface area contributed by atoms with E-state index < -0.39 is 0 Å². The quantitative estimate of drug-likeness (QED) is 0.822. The van der Waals surface area contributed by atoms with E-state index in [9.17, 15) is 4.79 Å². The minimum absolute atomic E-state index is 0.00593. The fourth-order valence-electron chi connectivity index (χ4n) is 1.71. The Kier molecular flexibility index (Phi) is 5.36. The number of anilines is 1. The van der Waals surface area contributed by atoms with E-state index in [1.54, 1.807) is 0 Å². The van der Waals surface area contributed by atoms with Crippen LogP contribution < -0.4 is 5.32 Å². The molecule has 3 nitrogen and oxygen atoms in total. The molecule has 2 rings (SSSR count). The first-order valence-corrected chi connectivity index (χ1v) is 7.53. The summed E-state index contributed by atoms with van der Waals surface area (Å²) in [5, 5.41) is 5.27. The average molecular weight is 295 g/mol. The standard InChI is InChI=1S/C14H15ClN2OS/c15-9-12-10-19-14(16-12)17-13(18)8-4-7-11-5-2-1-3-6-11/h1-3,5-6,10H,4,7-9H2,(H,16,17,18). The molecule has 0 saturated carbocycles. The van der Waals surface area contributed by atoms with E-state index in [1.165, 1.54) is 16.9 Å². The predicted octanol–water partition coefficient (Wildman–Crippen LogP) is 3.84. The van der Waals surface area contributed by atoms with Crippen LogP contribution in [0.25, 0.3) is 0 Å². The second kappa shape index (κ2) is 7.26. The van der Waals surface area contributed by atoms with Crippen LogP contribution in [0.4, 0.5) is 5.13 Å². The molecule has 0 aliphatic heterocycles. The number of aryl methyl sites for hydroxylation is 1. The lowest BCUT2D eigenvalue weighted by atomic mass is 10.1. The normalized spacial score (nSPS) is 10.4. The summed E-state index contributed by atoms with van der Waals surface area (Å²) in [6.45, 7) is 0. The van der Waals surface area contributed by atoms with Crippen molar-refractivity contribution in [3.8, 4) is 0 Å². The van der Waals surface area contributed by atoms with Gasteiger partial charge in [0.2, 0.25) is 5.91 Å². The molecule has 0 aliphatic rings. The molecule has 1 aromatic heterocycles. The summed E-state index contributed by atoms with van der Waals surface area (Å²) in [6.07, 6.45) is 2.26. The van der Waals surface area contributed by atoms with Gasteiger partial charge in [-0.05, 0) is 18.4 Å². The van der Waals surface area contributed by atoms with Gasteiger partial charge in [0, 0.05) is 11.8 Å². The second-order valence-corrected chi connectivity index (χ2v) is 5.29. The zero-order valence-corrected chi connectivity index (χ0v) is 12.0. The van der Waals surface area contributed by atoms with E-state index in [2.05, 4.69) is 22.4 Å². The maximum Gasteiger partial charge on any atom is 0.226 e. The van der Waals surface area contributed by atoms with Crippen molar-refractivity contribution in [2.24, 2.45) is 0 Å². The van der Waals surface area contributed by atoms with Gasteiger partial charge in [0.05, 0.1) is 11.6 Å². The van der Waals surface area contributed by atoms with E-state index in [1.807, 2.05) is 23.6 Å². The number of carbonyl (C=O) groups is 1. The molecule has 1 N–H and O–H groups in total. The van der Waals surface area contributed by atoms with Crippen LogP contribution in [-0.4, -0.2) is 10.9 Å². The number of carbonyl (C=O) groups excluding carboxylic acids is 1. The van der Waals surface area contributed by atoms with Crippen LogP contribution >= 0.6 is 22.9 Å². The highest BCUT2D eigenvalue weighted by atomic mass is 35.5. The molecule has 2 aromatic rings. The third-order valence-corrected chi connectivity index (χ3v) is 3.73. The van der Waals surface area contributed by atoms with Crippen molar-refractivity contribution in [1.82, 2.24) is 4.98 Å². The Bertz CT molecular complexity index is 527. The molecule has 0 atom stereocenters. The molecular formula is C14H15ClN2OS. The van der Waals surface area contributed by atoms with Crippen LogP contribution in [0.2, 0.25) is 0 Å². The Balaban J connectivity index is 1.73. The van der Waals surface area contributed by atoms with E-state index >= 15 is 0 Å². The lowest BCUT2D eigenvalue weighted by Crippen LogP contribution is -2.11. The zero-order valence-electron chi connectivity index (χ0n) is 10.4. The number of hydrogen-bond donors (Lipinski definition) is 1. The summed E-state index contributed by atoms with van der Waals surface area (Å²) in [5.41, 5.74) is 2.06. The Labute approximate surface area is 121 Å². The van der Waals surface area contributed by atoms with Crippen LogP contribution in [0.15, 0.2) is 35.7 Å². The molecular weight excluding hydrogens is 280 g/mol. The van der Waals surface area contributed by atoms with Gasteiger partial charge in [-0.2, -0.15) is 0 Å². The molecule has 0 radical (unpaired) electrons. The lowest BCUT2D eigenvalue weighted by Gasteiger charge is -2.02. The van der Waals surface area contributed by atoms with Gasteiger partial charge in [0.25, 0.3) is 0 Å². The summed E-state index contributed by atoms with van der Waals surface area (Å²) in [6, 6.07) is 10.2. The first-order valence-electron chi connectivity index (χ1n) is 6.12. The summed E-state index contributed by atoms with van der Waals surface area (Å²) in [4.78, 5) is 15.9. The maximum atomic E-state index is 11.7. The minimum atomic E-state index is 0.00593. The zero-order chi connectivity index (χ0) is 13.5. The first-order chi connectivity index (χ1) is 9.28. The number of rotatable bonds is 6. The Hall–Kier alpha value is -1.39. The highest BCUT2D eigenvalue weighted by Gasteiger charge is 2.06. The minimum Gasteiger partial charge on any atom is -0.302 e. The molecule has 0 aliphatic carbocycles. The van der Waals surface area contributed by atoms with Gasteiger partial charge >= 0.3 is 0 Å². The SMILES string of the molecule is O=C(CCCc1ccccc1)Nc1nc(CCl)cs1. The third-order valence-electron chi connectivity index (χ3n) is 2.65. The van der Waals surface area contributed by atoms with Crippen LogP contribution in [0.1, 0.15) is 24.1 Å². The highest BCUT2D eigenvalue weighted by molar-refractivity contribution is 7.13. The molecule has 0 saturated heterocycles. The van der Waals surface area contributed by atoms with Gasteiger partial charge in [-0.3, -0.25) is 4.79 Å². The van der Waals surface area contributed by atoms with Gasteiger partial charge in [-0.15, -0.1) is 22.9 Å². The summed E-state index contributed by atoms with van der Waals surface area (Å²) in [7, 11) is 0. The van der Waals surface area contributed by atoms with Crippen LogP contribution in [0.3, 0.4) is 0 Å².